The van der Waals surface area contributed by atoms with Gasteiger partial charge in [-0.05, 0) is 6.42 Å². The van der Waals surface area contributed by atoms with Crippen molar-refractivity contribution in [2.45, 2.75) is 32.3 Å². The average Bonchev–Trinajstić information content (AvgIpc) is 1.84. The monoisotopic (exact) mass is 143 g/mol. The van der Waals surface area contributed by atoms with Crippen molar-refractivity contribution in [2.24, 2.45) is 0 Å². The molecule has 0 radical (unpaired) electrons. The maximum atomic E-state index is 5.52. The molecule has 60 valence electrons. The molecule has 0 amide bonds. The van der Waals surface area contributed by atoms with Crippen molar-refractivity contribution in [2.75, 3.05) is 19.7 Å². The molecule has 1 aliphatic rings. The van der Waals surface area contributed by atoms with Gasteiger partial charge in [-0.2, -0.15) is 0 Å². The minimum atomic E-state index is 0.525. The second-order valence-electron chi connectivity index (χ2n) is 2.86. The highest BCUT2D eigenvalue weighted by molar-refractivity contribution is 4.74. The normalized spacial score (nSPS) is 18.9. The van der Waals surface area contributed by atoms with Crippen LogP contribution in [0.2, 0.25) is 0 Å². The van der Waals surface area contributed by atoms with Gasteiger partial charge in [0.05, 0.1) is 6.10 Å². The molecule has 0 aromatic carbocycles. The topological polar surface area (TPSA) is 21.3 Å². The Kier molecular flexibility index (Phi) is 3.76. The third-order valence-electron chi connectivity index (χ3n) is 1.85. The standard InChI is InChI=1S/C8H17NO/c1-2-3-4-5-10-8-6-9-7-8/h8-9H,2-7H2,1H3. The molecule has 1 saturated heterocycles. The maximum Gasteiger partial charge on any atom is 0.0823 e. The van der Waals surface area contributed by atoms with Gasteiger partial charge in [0.2, 0.25) is 0 Å². The fourth-order valence-electron chi connectivity index (χ4n) is 0.982. The van der Waals surface area contributed by atoms with Crippen molar-refractivity contribution in [3.05, 3.63) is 0 Å². The molecule has 0 bridgehead atoms. The summed E-state index contributed by atoms with van der Waals surface area (Å²) in [6.07, 6.45) is 4.34. The molecule has 10 heavy (non-hydrogen) atoms. The summed E-state index contributed by atoms with van der Waals surface area (Å²) in [5.74, 6) is 0. The summed E-state index contributed by atoms with van der Waals surface area (Å²) in [6.45, 7) is 5.29. The fourth-order valence-corrected chi connectivity index (χ4v) is 0.982. The highest BCUT2D eigenvalue weighted by Crippen LogP contribution is 2.01. The molecule has 1 aliphatic heterocycles. The largest absolute Gasteiger partial charge is 0.376 e. The Morgan fingerprint density at radius 3 is 2.70 bits per heavy atom. The zero-order valence-corrected chi connectivity index (χ0v) is 6.73. The number of ether oxygens (including phenoxy) is 1. The molecule has 0 saturated carbocycles. The smallest absolute Gasteiger partial charge is 0.0823 e. The van der Waals surface area contributed by atoms with Gasteiger partial charge in [-0.1, -0.05) is 19.8 Å². The van der Waals surface area contributed by atoms with Crippen LogP contribution in [0.3, 0.4) is 0 Å². The van der Waals surface area contributed by atoms with Gasteiger partial charge in [-0.25, -0.2) is 0 Å². The summed E-state index contributed by atoms with van der Waals surface area (Å²) in [7, 11) is 0. The third-order valence-corrected chi connectivity index (χ3v) is 1.85. The lowest BCUT2D eigenvalue weighted by Gasteiger charge is -2.26. The molecule has 2 heteroatoms. The Labute approximate surface area is 63.0 Å². The number of rotatable bonds is 5. The Hall–Kier alpha value is -0.0800. The van der Waals surface area contributed by atoms with E-state index in [-0.39, 0.29) is 0 Å². The molecular weight excluding hydrogens is 126 g/mol. The van der Waals surface area contributed by atoms with Gasteiger partial charge in [-0.15, -0.1) is 0 Å². The van der Waals surface area contributed by atoms with Crippen LogP contribution < -0.4 is 5.32 Å². The summed E-state index contributed by atoms with van der Waals surface area (Å²) in [6, 6.07) is 0. The zero-order valence-electron chi connectivity index (χ0n) is 6.73. The van der Waals surface area contributed by atoms with Crippen LogP contribution in [0.4, 0.5) is 0 Å². The van der Waals surface area contributed by atoms with Crippen LogP contribution in [0, 0.1) is 0 Å². The quantitative estimate of drug-likeness (QED) is 0.583. The highest BCUT2D eigenvalue weighted by Gasteiger charge is 2.15. The van der Waals surface area contributed by atoms with E-state index < -0.39 is 0 Å². The molecule has 1 N–H and O–H groups in total. The van der Waals surface area contributed by atoms with Crippen LogP contribution in [-0.2, 0) is 4.74 Å². The van der Waals surface area contributed by atoms with E-state index in [0.717, 1.165) is 19.7 Å². The number of nitrogens with one attached hydrogen (secondary N) is 1. The van der Waals surface area contributed by atoms with E-state index in [0.29, 0.717) is 6.10 Å². The molecule has 1 fully saturated rings. The van der Waals surface area contributed by atoms with Crippen molar-refractivity contribution in [3.8, 4) is 0 Å². The molecule has 0 spiro atoms. The Morgan fingerprint density at radius 2 is 2.20 bits per heavy atom. The SMILES string of the molecule is CCCCCOC1CNC1. The van der Waals surface area contributed by atoms with Crippen molar-refractivity contribution >= 4 is 0 Å². The lowest BCUT2D eigenvalue weighted by Crippen LogP contribution is -2.48. The lowest BCUT2D eigenvalue weighted by molar-refractivity contribution is 0.0171. The van der Waals surface area contributed by atoms with Gasteiger partial charge in [0.1, 0.15) is 0 Å². The molecule has 0 atom stereocenters. The van der Waals surface area contributed by atoms with E-state index in [1.165, 1.54) is 19.3 Å². The molecule has 0 aliphatic carbocycles. The first-order chi connectivity index (χ1) is 4.93. The van der Waals surface area contributed by atoms with Gasteiger partial charge < -0.3 is 10.1 Å². The average molecular weight is 143 g/mol. The Morgan fingerprint density at radius 1 is 1.40 bits per heavy atom. The fraction of sp³-hybridized carbons (Fsp3) is 1.00. The lowest BCUT2D eigenvalue weighted by atomic mass is 10.2. The summed E-state index contributed by atoms with van der Waals surface area (Å²) in [4.78, 5) is 0. The van der Waals surface area contributed by atoms with E-state index in [1.54, 1.807) is 0 Å². The van der Waals surface area contributed by atoms with Crippen LogP contribution in [0.5, 0.6) is 0 Å². The van der Waals surface area contributed by atoms with Gasteiger partial charge in [0, 0.05) is 19.7 Å². The summed E-state index contributed by atoms with van der Waals surface area (Å²) in [5, 5.41) is 3.18. The summed E-state index contributed by atoms with van der Waals surface area (Å²) in [5.41, 5.74) is 0. The molecule has 1 heterocycles. The first-order valence-electron chi connectivity index (χ1n) is 4.26. The van der Waals surface area contributed by atoms with Gasteiger partial charge in [0.25, 0.3) is 0 Å². The second kappa shape index (κ2) is 4.69. The summed E-state index contributed by atoms with van der Waals surface area (Å²) >= 11 is 0. The van der Waals surface area contributed by atoms with Crippen molar-refractivity contribution in [3.63, 3.8) is 0 Å². The van der Waals surface area contributed by atoms with E-state index in [9.17, 15) is 0 Å². The first-order valence-corrected chi connectivity index (χ1v) is 4.26. The number of hydrogen-bond acceptors (Lipinski definition) is 2. The van der Waals surface area contributed by atoms with Crippen molar-refractivity contribution < 1.29 is 4.74 Å². The molecule has 0 unspecified atom stereocenters. The minimum absolute atomic E-state index is 0.525. The maximum absolute atomic E-state index is 5.52. The number of hydrogen-bond donors (Lipinski definition) is 1. The minimum Gasteiger partial charge on any atom is -0.376 e. The van der Waals surface area contributed by atoms with E-state index >= 15 is 0 Å². The van der Waals surface area contributed by atoms with Gasteiger partial charge in [0.15, 0.2) is 0 Å². The molecule has 0 aromatic heterocycles. The highest BCUT2D eigenvalue weighted by atomic mass is 16.5. The number of unbranched alkanes of at least 4 members (excludes halogenated alkanes) is 2. The predicted molar refractivity (Wildman–Crippen MR) is 42.1 cm³/mol. The van der Waals surface area contributed by atoms with Crippen LogP contribution in [0.1, 0.15) is 26.2 Å². The predicted octanol–water partition coefficient (Wildman–Crippen LogP) is 1.17. The van der Waals surface area contributed by atoms with Crippen LogP contribution in [-0.4, -0.2) is 25.8 Å². The van der Waals surface area contributed by atoms with Gasteiger partial charge in [-0.3, -0.25) is 0 Å². The van der Waals surface area contributed by atoms with Crippen LogP contribution >= 0.6 is 0 Å². The summed E-state index contributed by atoms with van der Waals surface area (Å²) < 4.78 is 5.52. The molecule has 2 nitrogen and oxygen atoms in total. The Bertz CT molecular complexity index is 81.3. The van der Waals surface area contributed by atoms with Crippen LogP contribution in [0.25, 0.3) is 0 Å². The first kappa shape index (κ1) is 8.02. The van der Waals surface area contributed by atoms with Crippen LogP contribution in [0.15, 0.2) is 0 Å². The van der Waals surface area contributed by atoms with E-state index in [2.05, 4.69) is 12.2 Å². The zero-order chi connectivity index (χ0) is 7.23. The van der Waals surface area contributed by atoms with E-state index in [4.69, 9.17) is 4.74 Å². The molecule has 1 rings (SSSR count). The second-order valence-corrected chi connectivity index (χ2v) is 2.86. The van der Waals surface area contributed by atoms with Crippen molar-refractivity contribution in [1.82, 2.24) is 5.32 Å². The molecule has 0 aromatic rings. The molecular formula is C8H17NO. The van der Waals surface area contributed by atoms with Crippen molar-refractivity contribution in [1.29, 1.82) is 0 Å². The van der Waals surface area contributed by atoms with E-state index in [1.807, 2.05) is 0 Å². The Balaban J connectivity index is 1.76. The third kappa shape index (κ3) is 2.67. The van der Waals surface area contributed by atoms with Gasteiger partial charge >= 0.3 is 0 Å².